The summed E-state index contributed by atoms with van der Waals surface area (Å²) in [5.41, 5.74) is 2.15. The molecule has 80 valence electrons. The monoisotopic (exact) mass is 204 g/mol. The van der Waals surface area contributed by atoms with Crippen LogP contribution in [-0.4, -0.2) is 19.5 Å². The van der Waals surface area contributed by atoms with Crippen molar-refractivity contribution in [3.63, 3.8) is 0 Å². The van der Waals surface area contributed by atoms with E-state index in [9.17, 15) is 4.79 Å². The molecule has 1 atom stereocenters. The minimum atomic E-state index is -0.159. The van der Waals surface area contributed by atoms with Gasteiger partial charge in [-0.15, -0.1) is 0 Å². The SMILES string of the molecule is CCCN1C(=O)C(NC)c2ccccc21. The molecule has 1 heterocycles. The van der Waals surface area contributed by atoms with E-state index in [1.54, 1.807) is 0 Å². The molecule has 0 bridgehead atoms. The van der Waals surface area contributed by atoms with Crippen molar-refractivity contribution in [2.75, 3.05) is 18.5 Å². The van der Waals surface area contributed by atoms with Crippen molar-refractivity contribution in [2.45, 2.75) is 19.4 Å². The normalized spacial score (nSPS) is 19.5. The number of likely N-dealkylation sites (N-methyl/N-ethyl adjacent to an activating group) is 1. The lowest BCUT2D eigenvalue weighted by Gasteiger charge is -2.16. The largest absolute Gasteiger partial charge is 0.310 e. The number of fused-ring (bicyclic) bond motifs is 1. The van der Waals surface area contributed by atoms with Gasteiger partial charge in [0.15, 0.2) is 0 Å². The third-order valence-electron chi connectivity index (χ3n) is 2.79. The number of carbonyl (C=O) groups excluding carboxylic acids is 1. The highest BCUT2D eigenvalue weighted by atomic mass is 16.2. The fourth-order valence-electron chi connectivity index (χ4n) is 2.12. The van der Waals surface area contributed by atoms with Crippen molar-refractivity contribution in [1.29, 1.82) is 0 Å². The summed E-state index contributed by atoms with van der Waals surface area (Å²) in [7, 11) is 1.83. The number of hydrogen-bond acceptors (Lipinski definition) is 2. The molecule has 1 unspecified atom stereocenters. The molecule has 1 aliphatic heterocycles. The van der Waals surface area contributed by atoms with E-state index >= 15 is 0 Å². The van der Waals surface area contributed by atoms with Crippen molar-refractivity contribution >= 4 is 11.6 Å². The van der Waals surface area contributed by atoms with Crippen molar-refractivity contribution in [2.24, 2.45) is 0 Å². The van der Waals surface area contributed by atoms with Gasteiger partial charge in [-0.1, -0.05) is 25.1 Å². The van der Waals surface area contributed by atoms with E-state index in [0.717, 1.165) is 24.2 Å². The Morgan fingerprint density at radius 1 is 1.40 bits per heavy atom. The first-order valence-corrected chi connectivity index (χ1v) is 5.37. The second-order valence-electron chi connectivity index (χ2n) is 3.77. The first kappa shape index (κ1) is 10.2. The summed E-state index contributed by atoms with van der Waals surface area (Å²) in [5, 5.41) is 3.07. The zero-order chi connectivity index (χ0) is 10.8. The van der Waals surface area contributed by atoms with E-state index in [4.69, 9.17) is 0 Å². The van der Waals surface area contributed by atoms with Gasteiger partial charge in [-0.05, 0) is 19.5 Å². The first-order chi connectivity index (χ1) is 7.29. The van der Waals surface area contributed by atoms with Crippen LogP contribution in [0.4, 0.5) is 5.69 Å². The number of anilines is 1. The van der Waals surface area contributed by atoms with Crippen LogP contribution in [0.5, 0.6) is 0 Å². The lowest BCUT2D eigenvalue weighted by atomic mass is 10.1. The minimum absolute atomic E-state index is 0.159. The lowest BCUT2D eigenvalue weighted by molar-refractivity contribution is -0.119. The Labute approximate surface area is 90.1 Å². The number of rotatable bonds is 3. The highest BCUT2D eigenvalue weighted by molar-refractivity contribution is 6.04. The summed E-state index contributed by atoms with van der Waals surface area (Å²) in [6.07, 6.45) is 0.983. The van der Waals surface area contributed by atoms with E-state index in [1.165, 1.54) is 0 Å². The maximum Gasteiger partial charge on any atom is 0.248 e. The molecule has 2 rings (SSSR count). The Bertz CT molecular complexity index is 376. The summed E-state index contributed by atoms with van der Waals surface area (Å²) in [4.78, 5) is 13.9. The zero-order valence-corrected chi connectivity index (χ0v) is 9.16. The fourth-order valence-corrected chi connectivity index (χ4v) is 2.12. The molecular weight excluding hydrogens is 188 g/mol. The van der Waals surface area contributed by atoms with Crippen LogP contribution in [-0.2, 0) is 4.79 Å². The van der Waals surface area contributed by atoms with Crippen LogP contribution in [0, 0.1) is 0 Å². The van der Waals surface area contributed by atoms with Gasteiger partial charge in [-0.3, -0.25) is 4.79 Å². The predicted octanol–water partition coefficient (Wildman–Crippen LogP) is 1.70. The number of hydrogen-bond donors (Lipinski definition) is 1. The molecule has 1 aliphatic rings. The highest BCUT2D eigenvalue weighted by Gasteiger charge is 2.35. The summed E-state index contributed by atoms with van der Waals surface area (Å²) < 4.78 is 0. The molecule has 1 aromatic carbocycles. The first-order valence-electron chi connectivity index (χ1n) is 5.37. The van der Waals surface area contributed by atoms with Crippen LogP contribution in [0.1, 0.15) is 24.9 Å². The molecule has 1 amide bonds. The predicted molar refractivity (Wildman–Crippen MR) is 60.9 cm³/mol. The maximum atomic E-state index is 12.0. The van der Waals surface area contributed by atoms with Gasteiger partial charge in [0.05, 0.1) is 0 Å². The van der Waals surface area contributed by atoms with E-state index in [2.05, 4.69) is 12.2 Å². The molecule has 3 heteroatoms. The summed E-state index contributed by atoms with van der Waals surface area (Å²) >= 11 is 0. The van der Waals surface area contributed by atoms with Gasteiger partial charge in [0.25, 0.3) is 0 Å². The Morgan fingerprint density at radius 3 is 2.80 bits per heavy atom. The number of amides is 1. The average molecular weight is 204 g/mol. The van der Waals surface area contributed by atoms with Crippen LogP contribution in [0.2, 0.25) is 0 Å². The third-order valence-corrected chi connectivity index (χ3v) is 2.79. The highest BCUT2D eigenvalue weighted by Crippen LogP contribution is 2.35. The number of nitrogens with one attached hydrogen (secondary N) is 1. The van der Waals surface area contributed by atoms with E-state index in [1.807, 2.05) is 36.2 Å². The van der Waals surface area contributed by atoms with Crippen LogP contribution in [0.15, 0.2) is 24.3 Å². The molecule has 0 saturated carbocycles. The maximum absolute atomic E-state index is 12.0. The molecule has 0 spiro atoms. The van der Waals surface area contributed by atoms with Crippen molar-refractivity contribution in [3.8, 4) is 0 Å². The molecule has 0 aromatic heterocycles. The lowest BCUT2D eigenvalue weighted by Crippen LogP contribution is -2.33. The Hall–Kier alpha value is -1.35. The third kappa shape index (κ3) is 1.53. The zero-order valence-electron chi connectivity index (χ0n) is 9.16. The minimum Gasteiger partial charge on any atom is -0.310 e. The van der Waals surface area contributed by atoms with Gasteiger partial charge in [-0.25, -0.2) is 0 Å². The van der Waals surface area contributed by atoms with Gasteiger partial charge in [0.1, 0.15) is 6.04 Å². The second kappa shape index (κ2) is 4.03. The standard InChI is InChI=1S/C12H16N2O/c1-3-8-14-10-7-5-4-6-9(10)11(13-2)12(14)15/h4-7,11,13H,3,8H2,1-2H3. The van der Waals surface area contributed by atoms with Crippen LogP contribution in [0.3, 0.4) is 0 Å². The number of benzene rings is 1. The van der Waals surface area contributed by atoms with Gasteiger partial charge in [0, 0.05) is 17.8 Å². The quantitative estimate of drug-likeness (QED) is 0.812. The van der Waals surface area contributed by atoms with Crippen LogP contribution < -0.4 is 10.2 Å². The molecule has 15 heavy (non-hydrogen) atoms. The topological polar surface area (TPSA) is 32.3 Å². The van der Waals surface area contributed by atoms with Gasteiger partial charge >= 0.3 is 0 Å². The number of para-hydroxylation sites is 1. The smallest absolute Gasteiger partial charge is 0.248 e. The van der Waals surface area contributed by atoms with Crippen molar-refractivity contribution in [3.05, 3.63) is 29.8 Å². The summed E-state index contributed by atoms with van der Waals surface area (Å²) in [6.45, 7) is 2.89. The van der Waals surface area contributed by atoms with Gasteiger partial charge in [0.2, 0.25) is 5.91 Å². The van der Waals surface area contributed by atoms with Gasteiger partial charge in [-0.2, -0.15) is 0 Å². The molecule has 0 aliphatic carbocycles. The molecule has 0 radical (unpaired) electrons. The van der Waals surface area contributed by atoms with Crippen molar-refractivity contribution in [1.82, 2.24) is 5.32 Å². The number of nitrogens with zero attached hydrogens (tertiary/aromatic N) is 1. The van der Waals surface area contributed by atoms with E-state index < -0.39 is 0 Å². The Morgan fingerprint density at radius 2 is 2.13 bits per heavy atom. The van der Waals surface area contributed by atoms with Crippen LogP contribution in [0.25, 0.3) is 0 Å². The van der Waals surface area contributed by atoms with E-state index in [0.29, 0.717) is 0 Å². The van der Waals surface area contributed by atoms with Crippen LogP contribution >= 0.6 is 0 Å². The summed E-state index contributed by atoms with van der Waals surface area (Å²) in [6, 6.07) is 7.83. The van der Waals surface area contributed by atoms with E-state index in [-0.39, 0.29) is 11.9 Å². The number of carbonyl (C=O) groups is 1. The van der Waals surface area contributed by atoms with Gasteiger partial charge < -0.3 is 10.2 Å². The second-order valence-corrected chi connectivity index (χ2v) is 3.77. The van der Waals surface area contributed by atoms with Crippen molar-refractivity contribution < 1.29 is 4.79 Å². The average Bonchev–Trinajstić information content (AvgIpc) is 2.53. The summed E-state index contributed by atoms with van der Waals surface area (Å²) in [5.74, 6) is 0.167. The molecule has 3 nitrogen and oxygen atoms in total. The molecule has 0 fully saturated rings. The molecule has 1 aromatic rings. The molecule has 0 saturated heterocycles. The fraction of sp³-hybridized carbons (Fsp3) is 0.417. The Kier molecular flexibility index (Phi) is 2.73. The Balaban J connectivity index is 2.42. The molecule has 1 N–H and O–H groups in total. The molecular formula is C12H16N2O.